The second-order valence-corrected chi connectivity index (χ2v) is 7.49. The molecule has 1 saturated heterocycles. The molecule has 0 atom stereocenters. The lowest BCUT2D eigenvalue weighted by Gasteiger charge is -2.26. The maximum absolute atomic E-state index is 6.16. The SMILES string of the molecule is Clc1ccc2c(c1)C(=CNc1ccc(CN3CCCCC3)cc1)CN=C2. The fourth-order valence-corrected chi connectivity index (χ4v) is 3.79. The van der Waals surface area contributed by atoms with Gasteiger partial charge in [0, 0.05) is 35.2 Å². The molecule has 134 valence electrons. The quantitative estimate of drug-likeness (QED) is 0.805. The van der Waals surface area contributed by atoms with E-state index in [2.05, 4.69) is 39.5 Å². The van der Waals surface area contributed by atoms with Crippen molar-refractivity contribution in [2.24, 2.45) is 4.99 Å². The average Bonchev–Trinajstić information content (AvgIpc) is 2.68. The molecule has 0 aromatic heterocycles. The van der Waals surface area contributed by atoms with Crippen molar-refractivity contribution in [3.05, 3.63) is 70.4 Å². The molecule has 2 aliphatic rings. The Morgan fingerprint density at radius 3 is 2.65 bits per heavy atom. The molecule has 4 heteroatoms. The zero-order valence-electron chi connectivity index (χ0n) is 14.9. The molecule has 0 bridgehead atoms. The largest absolute Gasteiger partial charge is 0.361 e. The molecule has 1 N–H and O–H groups in total. The summed E-state index contributed by atoms with van der Waals surface area (Å²) < 4.78 is 0. The van der Waals surface area contributed by atoms with Crippen LogP contribution in [0.1, 0.15) is 36.0 Å². The molecule has 4 rings (SSSR count). The van der Waals surface area contributed by atoms with Crippen LogP contribution in [0.25, 0.3) is 5.57 Å². The third kappa shape index (κ3) is 4.17. The summed E-state index contributed by atoms with van der Waals surface area (Å²) >= 11 is 6.16. The highest BCUT2D eigenvalue weighted by atomic mass is 35.5. The maximum Gasteiger partial charge on any atom is 0.0660 e. The lowest BCUT2D eigenvalue weighted by Crippen LogP contribution is -2.29. The number of benzene rings is 2. The van der Waals surface area contributed by atoms with E-state index in [9.17, 15) is 0 Å². The number of piperidine rings is 1. The Balaban J connectivity index is 1.42. The molecular formula is C22H24ClN3. The minimum absolute atomic E-state index is 0.674. The molecule has 0 amide bonds. The van der Waals surface area contributed by atoms with Crippen LogP contribution in [0.4, 0.5) is 5.69 Å². The van der Waals surface area contributed by atoms with Gasteiger partial charge in [0.15, 0.2) is 0 Å². The van der Waals surface area contributed by atoms with E-state index in [1.807, 2.05) is 30.6 Å². The van der Waals surface area contributed by atoms with Crippen molar-refractivity contribution >= 4 is 29.1 Å². The van der Waals surface area contributed by atoms with E-state index in [-0.39, 0.29) is 0 Å². The number of aliphatic imine (C=N–C) groups is 1. The first-order valence-corrected chi connectivity index (χ1v) is 9.72. The van der Waals surface area contributed by atoms with E-state index in [4.69, 9.17) is 11.6 Å². The number of likely N-dealkylation sites (tertiary alicyclic amines) is 1. The molecule has 0 spiro atoms. The van der Waals surface area contributed by atoms with Gasteiger partial charge in [-0.2, -0.15) is 0 Å². The maximum atomic E-state index is 6.16. The van der Waals surface area contributed by atoms with E-state index in [0.29, 0.717) is 6.54 Å². The zero-order valence-corrected chi connectivity index (χ0v) is 15.7. The minimum Gasteiger partial charge on any atom is -0.361 e. The van der Waals surface area contributed by atoms with Crippen molar-refractivity contribution in [2.75, 3.05) is 25.0 Å². The standard InChI is InChI=1S/C22H24ClN3/c23-20-7-6-18-13-24-14-19(22(18)12-20)15-25-21-8-4-17(5-9-21)16-26-10-2-1-3-11-26/h4-9,12-13,15,25H,1-3,10-11,14,16H2. The lowest BCUT2D eigenvalue weighted by molar-refractivity contribution is 0.221. The minimum atomic E-state index is 0.674. The number of anilines is 1. The van der Waals surface area contributed by atoms with Gasteiger partial charge in [0.1, 0.15) is 0 Å². The summed E-state index contributed by atoms with van der Waals surface area (Å²) in [6, 6.07) is 14.7. The van der Waals surface area contributed by atoms with Gasteiger partial charge in [-0.3, -0.25) is 9.89 Å². The second-order valence-electron chi connectivity index (χ2n) is 7.05. The molecule has 0 radical (unpaired) electrons. The molecule has 1 fully saturated rings. The van der Waals surface area contributed by atoms with Crippen LogP contribution in [0.5, 0.6) is 0 Å². The predicted molar refractivity (Wildman–Crippen MR) is 111 cm³/mol. The average molecular weight is 366 g/mol. The molecule has 0 saturated carbocycles. The van der Waals surface area contributed by atoms with Gasteiger partial charge in [0.2, 0.25) is 0 Å². The topological polar surface area (TPSA) is 27.6 Å². The van der Waals surface area contributed by atoms with E-state index in [1.54, 1.807) is 0 Å². The highest BCUT2D eigenvalue weighted by Crippen LogP contribution is 2.26. The Kier molecular flexibility index (Phi) is 5.37. The number of halogens is 1. The van der Waals surface area contributed by atoms with Gasteiger partial charge in [-0.25, -0.2) is 0 Å². The third-order valence-electron chi connectivity index (χ3n) is 5.08. The number of nitrogens with zero attached hydrogens (tertiary/aromatic N) is 2. The van der Waals surface area contributed by atoms with Crippen molar-refractivity contribution < 1.29 is 0 Å². The smallest absolute Gasteiger partial charge is 0.0660 e. The predicted octanol–water partition coefficient (Wildman–Crippen LogP) is 5.21. The summed E-state index contributed by atoms with van der Waals surface area (Å²) in [6.45, 7) is 4.19. The lowest BCUT2D eigenvalue weighted by atomic mass is 9.99. The number of nitrogens with one attached hydrogen (secondary N) is 1. The van der Waals surface area contributed by atoms with Crippen LogP contribution in [0, 0.1) is 0 Å². The van der Waals surface area contributed by atoms with Crippen LogP contribution >= 0.6 is 11.6 Å². The van der Waals surface area contributed by atoms with E-state index in [1.165, 1.54) is 37.9 Å². The van der Waals surface area contributed by atoms with Gasteiger partial charge in [-0.15, -0.1) is 0 Å². The number of hydrogen-bond donors (Lipinski definition) is 1. The molecule has 2 aromatic carbocycles. The Morgan fingerprint density at radius 2 is 1.85 bits per heavy atom. The molecule has 26 heavy (non-hydrogen) atoms. The zero-order chi connectivity index (χ0) is 17.8. The van der Waals surface area contributed by atoms with Gasteiger partial charge in [-0.05, 0) is 66.9 Å². The number of fused-ring (bicyclic) bond motifs is 1. The molecular weight excluding hydrogens is 342 g/mol. The number of hydrogen-bond acceptors (Lipinski definition) is 3. The molecule has 2 aliphatic heterocycles. The van der Waals surface area contributed by atoms with Crippen molar-refractivity contribution in [1.82, 2.24) is 4.90 Å². The second kappa shape index (κ2) is 8.07. The highest BCUT2D eigenvalue weighted by Gasteiger charge is 2.12. The van der Waals surface area contributed by atoms with E-state index in [0.717, 1.165) is 34.0 Å². The fraction of sp³-hybridized carbons (Fsp3) is 0.318. The normalized spacial score (nSPS) is 18.7. The first-order chi connectivity index (χ1) is 12.8. The molecule has 3 nitrogen and oxygen atoms in total. The summed E-state index contributed by atoms with van der Waals surface area (Å²) in [4.78, 5) is 6.99. The van der Waals surface area contributed by atoms with Crippen LogP contribution < -0.4 is 5.32 Å². The van der Waals surface area contributed by atoms with Crippen molar-refractivity contribution in [2.45, 2.75) is 25.8 Å². The highest BCUT2D eigenvalue weighted by molar-refractivity contribution is 6.30. The van der Waals surface area contributed by atoms with Crippen LogP contribution in [0.3, 0.4) is 0 Å². The first kappa shape index (κ1) is 17.3. The van der Waals surface area contributed by atoms with Gasteiger partial charge < -0.3 is 5.32 Å². The summed E-state index contributed by atoms with van der Waals surface area (Å²) in [5, 5.41) is 4.17. The monoisotopic (exact) mass is 365 g/mol. The van der Waals surface area contributed by atoms with Crippen molar-refractivity contribution in [3.8, 4) is 0 Å². The summed E-state index contributed by atoms with van der Waals surface area (Å²) in [6.07, 6.45) is 8.01. The first-order valence-electron chi connectivity index (χ1n) is 9.34. The summed E-state index contributed by atoms with van der Waals surface area (Å²) in [5.74, 6) is 0. The van der Waals surface area contributed by atoms with Crippen molar-refractivity contribution in [3.63, 3.8) is 0 Å². The Bertz CT molecular complexity index is 818. The Morgan fingerprint density at radius 1 is 1.04 bits per heavy atom. The van der Waals surface area contributed by atoms with Crippen molar-refractivity contribution in [1.29, 1.82) is 0 Å². The fourth-order valence-electron chi connectivity index (χ4n) is 3.62. The van der Waals surface area contributed by atoms with Crippen LogP contribution in [0.15, 0.2) is 53.7 Å². The summed E-state index contributed by atoms with van der Waals surface area (Å²) in [5.41, 5.74) is 5.90. The van der Waals surface area contributed by atoms with Gasteiger partial charge in [-0.1, -0.05) is 36.2 Å². The summed E-state index contributed by atoms with van der Waals surface area (Å²) in [7, 11) is 0. The number of rotatable bonds is 4. The Labute approximate surface area is 160 Å². The molecule has 2 aromatic rings. The Hall–Kier alpha value is -2.10. The van der Waals surface area contributed by atoms with Gasteiger partial charge in [0.05, 0.1) is 6.54 Å². The van der Waals surface area contributed by atoms with Crippen LogP contribution in [-0.2, 0) is 6.54 Å². The van der Waals surface area contributed by atoms with Gasteiger partial charge >= 0.3 is 0 Å². The van der Waals surface area contributed by atoms with Crippen LogP contribution in [-0.4, -0.2) is 30.7 Å². The van der Waals surface area contributed by atoms with Crippen LogP contribution in [0.2, 0.25) is 5.02 Å². The molecule has 2 heterocycles. The third-order valence-corrected chi connectivity index (χ3v) is 5.31. The molecule has 0 aliphatic carbocycles. The van der Waals surface area contributed by atoms with E-state index >= 15 is 0 Å². The van der Waals surface area contributed by atoms with E-state index < -0.39 is 0 Å². The molecule has 0 unspecified atom stereocenters. The van der Waals surface area contributed by atoms with Gasteiger partial charge in [0.25, 0.3) is 0 Å².